The van der Waals surface area contributed by atoms with E-state index in [0.717, 1.165) is 6.42 Å². The normalized spacial score (nSPS) is 17.3. The number of hydrogen-bond donors (Lipinski definition) is 2. The smallest absolute Gasteiger partial charge is 0.317 e. The van der Waals surface area contributed by atoms with Gasteiger partial charge in [-0.1, -0.05) is 13.8 Å². The van der Waals surface area contributed by atoms with E-state index in [1.165, 1.54) is 0 Å². The minimum Gasteiger partial charge on any atom is -0.481 e. The summed E-state index contributed by atoms with van der Waals surface area (Å²) in [5.41, 5.74) is 0. The van der Waals surface area contributed by atoms with Gasteiger partial charge in [0.25, 0.3) is 0 Å². The summed E-state index contributed by atoms with van der Waals surface area (Å²) < 4.78 is 5.18. The van der Waals surface area contributed by atoms with Gasteiger partial charge in [-0.15, -0.1) is 0 Å². The fraction of sp³-hybridized carbons (Fsp3) is 0.846. The molecule has 0 aliphatic carbocycles. The number of morpholine rings is 1. The number of hydrogen-bond acceptors (Lipinski definition) is 3. The molecule has 6 nitrogen and oxygen atoms in total. The van der Waals surface area contributed by atoms with Crippen LogP contribution in [0.3, 0.4) is 0 Å². The number of carboxylic acid groups (broad SMARTS) is 1. The highest BCUT2D eigenvalue weighted by molar-refractivity contribution is 5.74. The molecule has 6 heteroatoms. The van der Waals surface area contributed by atoms with Gasteiger partial charge in [-0.3, -0.25) is 4.79 Å². The molecule has 1 unspecified atom stereocenters. The van der Waals surface area contributed by atoms with Crippen LogP contribution in [-0.4, -0.2) is 54.9 Å². The maximum atomic E-state index is 11.9. The highest BCUT2D eigenvalue weighted by Crippen LogP contribution is 2.14. The second-order valence-corrected chi connectivity index (χ2v) is 5.38. The fourth-order valence-electron chi connectivity index (χ4n) is 2.26. The Labute approximate surface area is 114 Å². The van der Waals surface area contributed by atoms with Gasteiger partial charge >= 0.3 is 12.0 Å². The number of carbonyl (C=O) groups is 2. The van der Waals surface area contributed by atoms with Crippen molar-refractivity contribution in [1.82, 2.24) is 10.2 Å². The van der Waals surface area contributed by atoms with E-state index in [0.29, 0.717) is 38.8 Å². The molecular weight excluding hydrogens is 248 g/mol. The van der Waals surface area contributed by atoms with Crippen LogP contribution < -0.4 is 5.32 Å². The first-order valence-electron chi connectivity index (χ1n) is 6.81. The summed E-state index contributed by atoms with van der Waals surface area (Å²) in [5.74, 6) is -0.404. The molecule has 1 rings (SSSR count). The second-order valence-electron chi connectivity index (χ2n) is 5.38. The van der Waals surface area contributed by atoms with Crippen molar-refractivity contribution < 1.29 is 19.4 Å². The minimum atomic E-state index is -0.814. The maximum absolute atomic E-state index is 11.9. The highest BCUT2D eigenvalue weighted by atomic mass is 16.5. The Morgan fingerprint density at radius 1 is 1.32 bits per heavy atom. The number of ether oxygens (including phenoxy) is 1. The third-order valence-electron chi connectivity index (χ3n) is 3.11. The number of rotatable bonds is 6. The van der Waals surface area contributed by atoms with Gasteiger partial charge in [0, 0.05) is 26.1 Å². The number of urea groups is 1. The summed E-state index contributed by atoms with van der Waals surface area (Å²) >= 11 is 0. The van der Waals surface area contributed by atoms with E-state index < -0.39 is 5.97 Å². The van der Waals surface area contributed by atoms with Gasteiger partial charge < -0.3 is 20.1 Å². The average molecular weight is 272 g/mol. The molecular formula is C13H24N2O4. The molecule has 0 aromatic heterocycles. The maximum Gasteiger partial charge on any atom is 0.317 e. The quantitative estimate of drug-likeness (QED) is 0.760. The van der Waals surface area contributed by atoms with Crippen LogP contribution in [-0.2, 0) is 9.53 Å². The molecule has 0 aromatic rings. The third-order valence-corrected chi connectivity index (χ3v) is 3.11. The van der Waals surface area contributed by atoms with Crippen molar-refractivity contribution in [2.45, 2.75) is 26.7 Å². The second kappa shape index (κ2) is 7.99. The van der Waals surface area contributed by atoms with Crippen molar-refractivity contribution in [3.05, 3.63) is 0 Å². The van der Waals surface area contributed by atoms with E-state index in [4.69, 9.17) is 9.84 Å². The summed E-state index contributed by atoms with van der Waals surface area (Å²) in [4.78, 5) is 24.4. The minimum absolute atomic E-state index is 0.0116. The monoisotopic (exact) mass is 272 g/mol. The van der Waals surface area contributed by atoms with Gasteiger partial charge in [0.15, 0.2) is 0 Å². The average Bonchev–Trinajstić information content (AvgIpc) is 2.35. The van der Waals surface area contributed by atoms with Crippen LogP contribution >= 0.6 is 0 Å². The van der Waals surface area contributed by atoms with Crippen molar-refractivity contribution in [2.75, 3.05) is 32.8 Å². The van der Waals surface area contributed by atoms with Crippen LogP contribution in [0.25, 0.3) is 0 Å². The Bertz CT molecular complexity index is 301. The molecule has 1 aliphatic heterocycles. The first-order chi connectivity index (χ1) is 8.99. The summed E-state index contributed by atoms with van der Waals surface area (Å²) in [5, 5.41) is 11.7. The lowest BCUT2D eigenvalue weighted by Crippen LogP contribution is -2.47. The largest absolute Gasteiger partial charge is 0.481 e. The van der Waals surface area contributed by atoms with Crippen LogP contribution in [0, 0.1) is 11.8 Å². The summed E-state index contributed by atoms with van der Waals surface area (Å²) in [7, 11) is 0. The molecule has 1 fully saturated rings. The van der Waals surface area contributed by atoms with E-state index in [9.17, 15) is 9.59 Å². The standard InChI is InChI=1S/C13H24N2O4/c1-10(2)7-11(8-12(16)17)9-14-13(18)15-3-5-19-6-4-15/h10-11H,3-9H2,1-2H3,(H,14,18)(H,16,17). The van der Waals surface area contributed by atoms with E-state index in [1.807, 2.05) is 0 Å². The summed E-state index contributed by atoms with van der Waals surface area (Å²) in [6.07, 6.45) is 0.900. The number of aliphatic carboxylic acids is 1. The molecule has 2 N–H and O–H groups in total. The first kappa shape index (κ1) is 15.8. The lowest BCUT2D eigenvalue weighted by Gasteiger charge is -2.28. The molecule has 0 spiro atoms. The Morgan fingerprint density at radius 2 is 1.95 bits per heavy atom. The highest BCUT2D eigenvalue weighted by Gasteiger charge is 2.19. The van der Waals surface area contributed by atoms with Gasteiger partial charge in [-0.2, -0.15) is 0 Å². The van der Waals surface area contributed by atoms with E-state index in [1.54, 1.807) is 4.90 Å². The van der Waals surface area contributed by atoms with E-state index in [2.05, 4.69) is 19.2 Å². The van der Waals surface area contributed by atoms with Gasteiger partial charge in [-0.05, 0) is 18.3 Å². The van der Waals surface area contributed by atoms with Crippen molar-refractivity contribution in [3.63, 3.8) is 0 Å². The number of carboxylic acids is 1. The van der Waals surface area contributed by atoms with Gasteiger partial charge in [0.2, 0.25) is 0 Å². The van der Waals surface area contributed by atoms with Crippen molar-refractivity contribution >= 4 is 12.0 Å². The molecule has 2 amide bonds. The van der Waals surface area contributed by atoms with Crippen molar-refractivity contribution in [3.8, 4) is 0 Å². The Morgan fingerprint density at radius 3 is 2.47 bits per heavy atom. The lowest BCUT2D eigenvalue weighted by molar-refractivity contribution is -0.138. The van der Waals surface area contributed by atoms with Crippen LogP contribution in [0.2, 0.25) is 0 Å². The van der Waals surface area contributed by atoms with Crippen molar-refractivity contribution in [1.29, 1.82) is 0 Å². The Hall–Kier alpha value is -1.30. The number of amides is 2. The van der Waals surface area contributed by atoms with Gasteiger partial charge in [-0.25, -0.2) is 4.79 Å². The molecule has 1 aliphatic rings. The predicted molar refractivity (Wildman–Crippen MR) is 71.0 cm³/mol. The molecule has 1 saturated heterocycles. The SMILES string of the molecule is CC(C)CC(CNC(=O)N1CCOCC1)CC(=O)O. The van der Waals surface area contributed by atoms with E-state index in [-0.39, 0.29) is 18.4 Å². The van der Waals surface area contributed by atoms with Gasteiger partial charge in [0.1, 0.15) is 0 Å². The lowest BCUT2D eigenvalue weighted by atomic mass is 9.94. The molecule has 0 aromatic carbocycles. The van der Waals surface area contributed by atoms with Gasteiger partial charge in [0.05, 0.1) is 13.2 Å². The fourth-order valence-corrected chi connectivity index (χ4v) is 2.26. The summed E-state index contributed by atoms with van der Waals surface area (Å²) in [6, 6.07) is -0.123. The number of carbonyl (C=O) groups excluding carboxylic acids is 1. The zero-order valence-corrected chi connectivity index (χ0v) is 11.7. The Balaban J connectivity index is 2.36. The Kier molecular flexibility index (Phi) is 6.62. The molecule has 1 atom stereocenters. The van der Waals surface area contributed by atoms with Crippen LogP contribution in [0.4, 0.5) is 4.79 Å². The zero-order chi connectivity index (χ0) is 14.3. The third kappa shape index (κ3) is 6.42. The van der Waals surface area contributed by atoms with Crippen LogP contribution in [0.1, 0.15) is 26.7 Å². The zero-order valence-electron chi connectivity index (χ0n) is 11.7. The van der Waals surface area contributed by atoms with E-state index >= 15 is 0 Å². The molecule has 0 saturated carbocycles. The summed E-state index contributed by atoms with van der Waals surface area (Å²) in [6.45, 7) is 6.85. The van der Waals surface area contributed by atoms with Crippen LogP contribution in [0.5, 0.6) is 0 Å². The van der Waals surface area contributed by atoms with Crippen molar-refractivity contribution in [2.24, 2.45) is 11.8 Å². The number of nitrogens with one attached hydrogen (secondary N) is 1. The molecule has 0 bridgehead atoms. The number of nitrogens with zero attached hydrogens (tertiary/aromatic N) is 1. The molecule has 0 radical (unpaired) electrons. The molecule has 110 valence electrons. The van der Waals surface area contributed by atoms with Crippen LogP contribution in [0.15, 0.2) is 0 Å². The topological polar surface area (TPSA) is 78.9 Å². The molecule has 19 heavy (non-hydrogen) atoms. The molecule has 1 heterocycles. The predicted octanol–water partition coefficient (Wildman–Crippen LogP) is 1.17. The first-order valence-corrected chi connectivity index (χ1v) is 6.81.